The maximum Gasteiger partial charge on any atom is 0.258 e. The second-order valence-electron chi connectivity index (χ2n) is 7.22. The first-order valence-electron chi connectivity index (χ1n) is 9.57. The maximum atomic E-state index is 13.5. The SMILES string of the molecule is CCOc1ccccc1C1C(C#N)=C(N)Oc2cc(C)n(CCN(C)C)c(=O)c21. The van der Waals surface area contributed by atoms with Crippen LogP contribution in [0.2, 0.25) is 0 Å². The van der Waals surface area contributed by atoms with E-state index < -0.39 is 5.92 Å². The summed E-state index contributed by atoms with van der Waals surface area (Å²) in [6.45, 7) is 5.47. The molecule has 1 aromatic heterocycles. The minimum Gasteiger partial charge on any atom is -0.494 e. The minimum atomic E-state index is -0.648. The molecule has 2 aromatic rings. The van der Waals surface area contributed by atoms with Crippen molar-refractivity contribution in [2.75, 3.05) is 27.2 Å². The van der Waals surface area contributed by atoms with Gasteiger partial charge < -0.3 is 24.7 Å². The highest BCUT2D eigenvalue weighted by Crippen LogP contribution is 2.43. The van der Waals surface area contributed by atoms with Crippen LogP contribution in [-0.4, -0.2) is 36.7 Å². The summed E-state index contributed by atoms with van der Waals surface area (Å²) in [6, 6.07) is 11.4. The van der Waals surface area contributed by atoms with Gasteiger partial charge in [0.15, 0.2) is 0 Å². The number of aromatic nitrogens is 1. The topological polar surface area (TPSA) is 93.5 Å². The van der Waals surface area contributed by atoms with E-state index in [0.29, 0.717) is 36.8 Å². The molecule has 2 heterocycles. The first-order valence-corrected chi connectivity index (χ1v) is 9.57. The van der Waals surface area contributed by atoms with E-state index in [2.05, 4.69) is 6.07 Å². The predicted molar refractivity (Wildman–Crippen MR) is 111 cm³/mol. The number of allylic oxidation sites excluding steroid dienone is 1. The summed E-state index contributed by atoms with van der Waals surface area (Å²) < 4.78 is 13.2. The summed E-state index contributed by atoms with van der Waals surface area (Å²) in [4.78, 5) is 15.5. The van der Waals surface area contributed by atoms with E-state index in [1.807, 2.05) is 63.2 Å². The first kappa shape index (κ1) is 20.5. The summed E-state index contributed by atoms with van der Waals surface area (Å²) in [6.07, 6.45) is 0. The Kier molecular flexibility index (Phi) is 5.95. The Balaban J connectivity index is 2.26. The molecule has 2 N–H and O–H groups in total. The summed E-state index contributed by atoms with van der Waals surface area (Å²) in [7, 11) is 3.92. The van der Waals surface area contributed by atoms with Crippen molar-refractivity contribution in [1.82, 2.24) is 9.47 Å². The number of fused-ring (bicyclic) bond motifs is 1. The van der Waals surface area contributed by atoms with Crippen molar-refractivity contribution in [3.05, 3.63) is 69.0 Å². The minimum absolute atomic E-state index is 0.0149. The third kappa shape index (κ3) is 3.84. The fourth-order valence-corrected chi connectivity index (χ4v) is 3.58. The fraction of sp³-hybridized carbons (Fsp3) is 0.364. The normalized spacial score (nSPS) is 15.7. The lowest BCUT2D eigenvalue weighted by atomic mass is 9.83. The van der Waals surface area contributed by atoms with Gasteiger partial charge in [0, 0.05) is 30.4 Å². The second kappa shape index (κ2) is 8.41. The molecule has 1 aliphatic heterocycles. The van der Waals surface area contributed by atoms with E-state index in [-0.39, 0.29) is 17.0 Å². The Morgan fingerprint density at radius 3 is 2.72 bits per heavy atom. The molecule has 1 aromatic carbocycles. The van der Waals surface area contributed by atoms with E-state index in [1.54, 1.807) is 4.57 Å². The summed E-state index contributed by atoms with van der Waals surface area (Å²) in [5.74, 6) is 0.376. The Labute approximate surface area is 170 Å². The van der Waals surface area contributed by atoms with Crippen molar-refractivity contribution in [3.8, 4) is 17.6 Å². The molecule has 152 valence electrons. The zero-order valence-electron chi connectivity index (χ0n) is 17.2. The average Bonchev–Trinajstić information content (AvgIpc) is 2.67. The third-order valence-electron chi connectivity index (χ3n) is 4.99. The van der Waals surface area contributed by atoms with Crippen LogP contribution in [0.1, 0.15) is 29.7 Å². The summed E-state index contributed by atoms with van der Waals surface area (Å²) in [5, 5.41) is 9.81. The Morgan fingerprint density at radius 2 is 2.07 bits per heavy atom. The summed E-state index contributed by atoms with van der Waals surface area (Å²) in [5.41, 5.74) is 8.01. The lowest BCUT2D eigenvalue weighted by molar-refractivity contribution is 0.334. The van der Waals surface area contributed by atoms with Gasteiger partial charge in [-0.05, 0) is 34.0 Å². The van der Waals surface area contributed by atoms with Gasteiger partial charge in [0.25, 0.3) is 5.56 Å². The van der Waals surface area contributed by atoms with Gasteiger partial charge in [-0.25, -0.2) is 0 Å². The number of rotatable bonds is 6. The molecule has 3 rings (SSSR count). The van der Waals surface area contributed by atoms with Crippen LogP contribution >= 0.6 is 0 Å². The van der Waals surface area contributed by atoms with Gasteiger partial charge in [-0.1, -0.05) is 18.2 Å². The highest BCUT2D eigenvalue weighted by atomic mass is 16.5. The number of benzene rings is 1. The van der Waals surface area contributed by atoms with Gasteiger partial charge in [-0.15, -0.1) is 0 Å². The Bertz CT molecular complexity index is 1050. The number of nitrogens with two attached hydrogens (primary N) is 1. The maximum absolute atomic E-state index is 13.5. The number of likely N-dealkylation sites (N-methyl/N-ethyl adjacent to an activating group) is 1. The van der Waals surface area contributed by atoms with Gasteiger partial charge >= 0.3 is 0 Å². The van der Waals surface area contributed by atoms with Crippen molar-refractivity contribution < 1.29 is 9.47 Å². The second-order valence-corrected chi connectivity index (χ2v) is 7.22. The van der Waals surface area contributed by atoms with Crippen LogP contribution in [0.15, 0.2) is 46.6 Å². The molecule has 29 heavy (non-hydrogen) atoms. The molecule has 1 atom stereocenters. The largest absolute Gasteiger partial charge is 0.494 e. The zero-order chi connectivity index (χ0) is 21.1. The number of ether oxygens (including phenoxy) is 2. The Hall–Kier alpha value is -3.24. The molecule has 1 unspecified atom stereocenters. The summed E-state index contributed by atoms with van der Waals surface area (Å²) >= 11 is 0. The zero-order valence-corrected chi connectivity index (χ0v) is 17.2. The number of para-hydroxylation sites is 1. The molecule has 1 aliphatic rings. The van der Waals surface area contributed by atoms with Gasteiger partial charge in [0.2, 0.25) is 5.88 Å². The standard InChI is InChI=1S/C22H26N4O3/c1-5-28-17-9-7-6-8-15(17)19-16(13-23)21(24)29-18-12-14(2)26(11-10-25(3)4)22(27)20(18)19/h6-9,12,19H,5,10-11,24H2,1-4H3. The number of nitrogens with zero attached hydrogens (tertiary/aromatic N) is 3. The number of hydrogen-bond donors (Lipinski definition) is 1. The van der Waals surface area contributed by atoms with Crippen LogP contribution < -0.4 is 20.8 Å². The Morgan fingerprint density at radius 1 is 1.34 bits per heavy atom. The molecule has 0 saturated heterocycles. The van der Waals surface area contributed by atoms with E-state index >= 15 is 0 Å². The van der Waals surface area contributed by atoms with Crippen molar-refractivity contribution in [3.63, 3.8) is 0 Å². The molecular formula is C22H26N4O3. The van der Waals surface area contributed by atoms with Crippen molar-refractivity contribution in [2.45, 2.75) is 26.3 Å². The molecule has 0 fully saturated rings. The number of hydrogen-bond acceptors (Lipinski definition) is 6. The van der Waals surface area contributed by atoms with E-state index in [4.69, 9.17) is 15.2 Å². The van der Waals surface area contributed by atoms with E-state index in [9.17, 15) is 10.1 Å². The van der Waals surface area contributed by atoms with Crippen LogP contribution in [0.5, 0.6) is 11.5 Å². The molecule has 0 amide bonds. The molecule has 0 aliphatic carbocycles. The van der Waals surface area contributed by atoms with Crippen molar-refractivity contribution in [2.24, 2.45) is 5.73 Å². The van der Waals surface area contributed by atoms with Crippen LogP contribution in [0, 0.1) is 18.3 Å². The van der Waals surface area contributed by atoms with Crippen LogP contribution in [0.4, 0.5) is 0 Å². The van der Waals surface area contributed by atoms with E-state index in [0.717, 1.165) is 11.3 Å². The highest BCUT2D eigenvalue weighted by molar-refractivity contribution is 5.58. The van der Waals surface area contributed by atoms with Crippen LogP contribution in [0.3, 0.4) is 0 Å². The predicted octanol–water partition coefficient (Wildman–Crippen LogP) is 2.34. The molecule has 0 saturated carbocycles. The van der Waals surface area contributed by atoms with E-state index in [1.165, 1.54) is 0 Å². The van der Waals surface area contributed by atoms with Crippen LogP contribution in [-0.2, 0) is 6.54 Å². The van der Waals surface area contributed by atoms with Gasteiger partial charge in [-0.2, -0.15) is 5.26 Å². The molecule has 0 spiro atoms. The van der Waals surface area contributed by atoms with Gasteiger partial charge in [0.05, 0.1) is 18.1 Å². The lowest BCUT2D eigenvalue weighted by Gasteiger charge is -2.28. The molecule has 7 nitrogen and oxygen atoms in total. The number of pyridine rings is 1. The van der Waals surface area contributed by atoms with Gasteiger partial charge in [0.1, 0.15) is 23.1 Å². The third-order valence-corrected chi connectivity index (χ3v) is 4.99. The smallest absolute Gasteiger partial charge is 0.258 e. The van der Waals surface area contributed by atoms with Crippen molar-refractivity contribution >= 4 is 0 Å². The molecule has 7 heteroatoms. The molecular weight excluding hydrogens is 368 g/mol. The van der Waals surface area contributed by atoms with Crippen molar-refractivity contribution in [1.29, 1.82) is 5.26 Å². The first-order chi connectivity index (χ1) is 13.9. The molecule has 0 radical (unpaired) electrons. The number of aryl methyl sites for hydroxylation is 1. The highest BCUT2D eigenvalue weighted by Gasteiger charge is 2.35. The molecule has 0 bridgehead atoms. The quantitative estimate of drug-likeness (QED) is 0.808. The van der Waals surface area contributed by atoms with Crippen LogP contribution in [0.25, 0.3) is 0 Å². The van der Waals surface area contributed by atoms with Gasteiger partial charge in [-0.3, -0.25) is 4.79 Å². The fourth-order valence-electron chi connectivity index (χ4n) is 3.58. The monoisotopic (exact) mass is 394 g/mol. The average molecular weight is 394 g/mol. The lowest BCUT2D eigenvalue weighted by Crippen LogP contribution is -2.34. The number of nitriles is 1.